The second-order valence-corrected chi connectivity index (χ2v) is 11.9. The van der Waals surface area contributed by atoms with E-state index in [1.807, 2.05) is 55.5 Å². The van der Waals surface area contributed by atoms with Crippen LogP contribution in [0.1, 0.15) is 24.5 Å². The van der Waals surface area contributed by atoms with Gasteiger partial charge >= 0.3 is 0 Å². The van der Waals surface area contributed by atoms with E-state index in [2.05, 4.69) is 24.0 Å². The summed E-state index contributed by atoms with van der Waals surface area (Å²) in [5.41, 5.74) is 3.77. The molecule has 44 heavy (non-hydrogen) atoms. The van der Waals surface area contributed by atoms with E-state index in [0.29, 0.717) is 28.8 Å². The van der Waals surface area contributed by atoms with Gasteiger partial charge in [0.2, 0.25) is 5.43 Å². The van der Waals surface area contributed by atoms with Gasteiger partial charge in [0.25, 0.3) is 10.1 Å². The van der Waals surface area contributed by atoms with E-state index in [9.17, 15) is 18.3 Å². The van der Waals surface area contributed by atoms with Gasteiger partial charge in [-0.15, -0.1) is 0 Å². The van der Waals surface area contributed by atoms with Gasteiger partial charge in [0.1, 0.15) is 19.0 Å². The van der Waals surface area contributed by atoms with Crippen LogP contribution in [0.25, 0.3) is 22.1 Å². The first-order valence-corrected chi connectivity index (χ1v) is 15.8. The Morgan fingerprint density at radius 3 is 2.18 bits per heavy atom. The molecule has 0 radical (unpaired) electrons. The average molecular weight is 616 g/mol. The first-order chi connectivity index (χ1) is 21.2. The number of para-hydroxylation sites is 1. The lowest BCUT2D eigenvalue weighted by Gasteiger charge is -2.25. The molecule has 1 aromatic heterocycles. The minimum Gasteiger partial charge on any atom is -0.487 e. The lowest BCUT2D eigenvalue weighted by atomic mass is 10.1. The molecule has 0 saturated heterocycles. The van der Waals surface area contributed by atoms with Crippen molar-refractivity contribution in [3.05, 3.63) is 131 Å². The van der Waals surface area contributed by atoms with E-state index >= 15 is 0 Å². The molecule has 0 spiro atoms. The van der Waals surface area contributed by atoms with Crippen LogP contribution in [0.5, 0.6) is 5.75 Å². The number of aliphatic hydroxyl groups excluding tert-OH is 1. The molecule has 0 saturated carbocycles. The molecule has 8 nitrogen and oxygen atoms in total. The number of hydrogen-bond donors (Lipinski definition) is 2. The van der Waals surface area contributed by atoms with Crippen molar-refractivity contribution in [1.29, 1.82) is 0 Å². The van der Waals surface area contributed by atoms with Crippen LogP contribution in [-0.2, 0) is 16.7 Å². The Bertz CT molecular complexity index is 1790. The summed E-state index contributed by atoms with van der Waals surface area (Å²) in [5.74, 6) is 0.452. The Morgan fingerprint density at radius 1 is 0.886 bits per heavy atom. The van der Waals surface area contributed by atoms with Crippen molar-refractivity contribution >= 4 is 21.1 Å². The quantitative estimate of drug-likeness (QED) is 0.165. The Kier molecular flexibility index (Phi) is 11.5. The summed E-state index contributed by atoms with van der Waals surface area (Å²) in [6.45, 7) is 6.23. The minimum absolute atomic E-state index is 0.0666. The van der Waals surface area contributed by atoms with Crippen LogP contribution >= 0.6 is 0 Å². The molecule has 0 amide bonds. The summed E-state index contributed by atoms with van der Waals surface area (Å²) in [7, 11) is -4.02. The highest BCUT2D eigenvalue weighted by Crippen LogP contribution is 2.27. The zero-order chi connectivity index (χ0) is 31.5. The van der Waals surface area contributed by atoms with Crippen molar-refractivity contribution < 1.29 is 27.2 Å². The predicted molar refractivity (Wildman–Crippen MR) is 172 cm³/mol. The second kappa shape index (κ2) is 15.4. The average Bonchev–Trinajstić information content (AvgIpc) is 3.01. The van der Waals surface area contributed by atoms with Gasteiger partial charge in [-0.3, -0.25) is 14.2 Å². The summed E-state index contributed by atoms with van der Waals surface area (Å²) in [6, 6.07) is 30.9. The number of aryl methyl sites for hydroxylation is 1. The second-order valence-electron chi connectivity index (χ2n) is 10.5. The smallest absolute Gasteiger partial charge is 0.294 e. The maximum atomic E-state index is 13.0. The van der Waals surface area contributed by atoms with Crippen molar-refractivity contribution in [3.8, 4) is 16.9 Å². The molecule has 4 aromatic carbocycles. The third-order valence-electron chi connectivity index (χ3n) is 6.86. The molecule has 230 valence electrons. The maximum absolute atomic E-state index is 13.0. The van der Waals surface area contributed by atoms with Gasteiger partial charge in [-0.05, 0) is 55.3 Å². The van der Waals surface area contributed by atoms with E-state index in [1.54, 1.807) is 30.3 Å². The number of fused-ring (bicyclic) bond motifs is 1. The molecular weight excluding hydrogens is 578 g/mol. The van der Waals surface area contributed by atoms with Crippen LogP contribution in [0.4, 0.5) is 0 Å². The highest BCUT2D eigenvalue weighted by Gasteiger charge is 2.16. The van der Waals surface area contributed by atoms with E-state index in [0.717, 1.165) is 30.6 Å². The van der Waals surface area contributed by atoms with Crippen LogP contribution in [0.2, 0.25) is 0 Å². The summed E-state index contributed by atoms with van der Waals surface area (Å²) in [6.07, 6.45) is 1.80. The Hall–Kier alpha value is -4.28. The van der Waals surface area contributed by atoms with Gasteiger partial charge in [0, 0.05) is 13.1 Å². The summed E-state index contributed by atoms with van der Waals surface area (Å²) >= 11 is 0. The molecule has 0 aliphatic rings. The molecule has 0 fully saturated rings. The van der Waals surface area contributed by atoms with Gasteiger partial charge in [-0.1, -0.05) is 91.3 Å². The third kappa shape index (κ3) is 9.11. The van der Waals surface area contributed by atoms with Gasteiger partial charge in [0.05, 0.1) is 15.8 Å². The van der Waals surface area contributed by atoms with Crippen molar-refractivity contribution in [2.24, 2.45) is 0 Å². The lowest BCUT2D eigenvalue weighted by Crippen LogP contribution is -2.35. The van der Waals surface area contributed by atoms with E-state index in [-0.39, 0.29) is 16.9 Å². The molecular formula is C35H37NO7S. The number of benzene rings is 4. The van der Waals surface area contributed by atoms with Crippen molar-refractivity contribution in [2.45, 2.75) is 37.8 Å². The van der Waals surface area contributed by atoms with Gasteiger partial charge in [-0.2, -0.15) is 8.42 Å². The minimum atomic E-state index is -4.02. The normalized spacial score (nSPS) is 12.0. The fraction of sp³-hybridized carbons (Fsp3) is 0.229. The zero-order valence-electron chi connectivity index (χ0n) is 24.8. The molecule has 2 N–H and O–H groups in total. The number of aliphatic hydroxyl groups is 1. The molecule has 5 rings (SSSR count). The number of ether oxygens (including phenoxy) is 1. The molecule has 0 aliphatic carbocycles. The van der Waals surface area contributed by atoms with Gasteiger partial charge < -0.3 is 14.3 Å². The molecule has 1 atom stereocenters. The summed E-state index contributed by atoms with van der Waals surface area (Å²) < 4.78 is 41.3. The Balaban J connectivity index is 0.000000339. The lowest BCUT2D eigenvalue weighted by molar-refractivity contribution is 0.0657. The van der Waals surface area contributed by atoms with Crippen LogP contribution < -0.4 is 10.2 Å². The molecule has 1 heterocycles. The number of rotatable bonds is 11. The predicted octanol–water partition coefficient (Wildman–Crippen LogP) is 6.35. The third-order valence-corrected chi connectivity index (χ3v) is 7.72. The van der Waals surface area contributed by atoms with Crippen LogP contribution in [0, 0.1) is 6.92 Å². The Labute approximate surface area is 257 Å². The summed E-state index contributed by atoms with van der Waals surface area (Å²) in [5, 5.41) is 11.1. The molecule has 0 aliphatic heterocycles. The standard InChI is InChI=1S/C28H29NO4.C7H8O3S/c1-2-16-29(17-21-10-5-3-6-11-21)18-23(30)19-32-26-15-9-14-24-27(31)25(20-33-28(24)26)22-12-7-4-8-13-22;1-6-2-4-7(5-3-6)11(8,9)10/h3-15,20,23,30H,2,16-19H2,1H3;2-5H,1H3,(H,8,9,10). The monoisotopic (exact) mass is 615 g/mol. The van der Waals surface area contributed by atoms with Gasteiger partial charge in [-0.25, -0.2) is 0 Å². The van der Waals surface area contributed by atoms with Crippen LogP contribution in [0.3, 0.4) is 0 Å². The van der Waals surface area contributed by atoms with E-state index in [1.165, 1.54) is 24.0 Å². The maximum Gasteiger partial charge on any atom is 0.294 e. The fourth-order valence-corrected chi connectivity index (χ4v) is 5.18. The SMILES string of the molecule is CCCN(Cc1ccccc1)CC(O)COc1cccc2c(=O)c(-c3ccccc3)coc12.Cc1ccc(S(=O)(=O)O)cc1. The first-order valence-electron chi connectivity index (χ1n) is 14.4. The topological polar surface area (TPSA) is 117 Å². The zero-order valence-corrected chi connectivity index (χ0v) is 25.6. The molecule has 9 heteroatoms. The van der Waals surface area contributed by atoms with Crippen molar-refractivity contribution in [1.82, 2.24) is 4.90 Å². The molecule has 0 bridgehead atoms. The number of nitrogens with zero attached hydrogens (tertiary/aromatic N) is 1. The van der Waals surface area contributed by atoms with Crippen molar-refractivity contribution in [2.75, 3.05) is 19.7 Å². The van der Waals surface area contributed by atoms with E-state index in [4.69, 9.17) is 13.7 Å². The number of hydrogen-bond acceptors (Lipinski definition) is 7. The van der Waals surface area contributed by atoms with Crippen molar-refractivity contribution in [3.63, 3.8) is 0 Å². The molecule has 5 aromatic rings. The van der Waals surface area contributed by atoms with Crippen LogP contribution in [-0.4, -0.2) is 48.8 Å². The molecule has 1 unspecified atom stereocenters. The highest BCUT2D eigenvalue weighted by atomic mass is 32.2. The highest BCUT2D eigenvalue weighted by molar-refractivity contribution is 7.85. The first kappa shape index (κ1) is 32.6. The van der Waals surface area contributed by atoms with Gasteiger partial charge in [0.15, 0.2) is 11.3 Å². The van der Waals surface area contributed by atoms with E-state index < -0.39 is 16.2 Å². The Morgan fingerprint density at radius 2 is 1.55 bits per heavy atom. The largest absolute Gasteiger partial charge is 0.487 e. The summed E-state index contributed by atoms with van der Waals surface area (Å²) in [4.78, 5) is 15.2. The van der Waals surface area contributed by atoms with Crippen LogP contribution in [0.15, 0.2) is 123 Å². The fourth-order valence-electron chi connectivity index (χ4n) is 4.70.